The molecular formula is C60H110O6. The molecule has 0 heterocycles. The highest BCUT2D eigenvalue weighted by atomic mass is 16.6. The van der Waals surface area contributed by atoms with Gasteiger partial charge in [-0.2, -0.15) is 0 Å². The zero-order chi connectivity index (χ0) is 47.9. The molecule has 0 spiro atoms. The van der Waals surface area contributed by atoms with Gasteiger partial charge in [-0.3, -0.25) is 14.4 Å². The predicted octanol–water partition coefficient (Wildman–Crippen LogP) is 19.3. The Morgan fingerprint density at radius 1 is 0.303 bits per heavy atom. The standard InChI is InChI=1S/C60H110O6/c1-4-7-10-13-16-19-22-25-27-29-30-32-34-36-39-41-44-47-50-53-59(62)65-56-57(66-60(63)54-51-48-45-42-37-24-21-18-15-12-9-6-3)55-64-58(61)52-49-46-43-40-38-35-33-31-28-26-23-20-17-14-11-8-5-2/h17,20,26,28,33,35,57H,4-16,18-19,21-25,27,29-32,34,36-56H2,1-3H3/b20-17-,28-26-,35-33-/t57-/m1/s1. The van der Waals surface area contributed by atoms with Crippen molar-refractivity contribution in [2.45, 2.75) is 316 Å². The van der Waals surface area contributed by atoms with Crippen LogP contribution in [-0.2, 0) is 28.6 Å². The summed E-state index contributed by atoms with van der Waals surface area (Å²) in [7, 11) is 0. The van der Waals surface area contributed by atoms with E-state index in [4.69, 9.17) is 14.2 Å². The molecular weight excluding hydrogens is 817 g/mol. The summed E-state index contributed by atoms with van der Waals surface area (Å²) in [6, 6.07) is 0. The summed E-state index contributed by atoms with van der Waals surface area (Å²) in [6.45, 7) is 6.63. The summed E-state index contributed by atoms with van der Waals surface area (Å²) in [5.41, 5.74) is 0. The van der Waals surface area contributed by atoms with Gasteiger partial charge in [-0.05, 0) is 57.8 Å². The molecule has 0 unspecified atom stereocenters. The second kappa shape index (κ2) is 55.2. The fourth-order valence-electron chi connectivity index (χ4n) is 8.51. The summed E-state index contributed by atoms with van der Waals surface area (Å²) in [4.78, 5) is 38.1. The third-order valence-corrected chi connectivity index (χ3v) is 12.9. The van der Waals surface area contributed by atoms with Crippen LogP contribution in [0.1, 0.15) is 310 Å². The monoisotopic (exact) mass is 927 g/mol. The maximum absolute atomic E-state index is 12.8. The first-order valence-corrected chi connectivity index (χ1v) is 29.0. The van der Waals surface area contributed by atoms with Crippen molar-refractivity contribution in [1.82, 2.24) is 0 Å². The summed E-state index contributed by atoms with van der Waals surface area (Å²) < 4.78 is 16.9. The number of carbonyl (C=O) groups is 3. The lowest BCUT2D eigenvalue weighted by Gasteiger charge is -2.18. The lowest BCUT2D eigenvalue weighted by Crippen LogP contribution is -2.30. The molecule has 0 aliphatic rings. The van der Waals surface area contributed by atoms with E-state index in [1.165, 1.54) is 186 Å². The number of hydrogen-bond acceptors (Lipinski definition) is 6. The fourth-order valence-corrected chi connectivity index (χ4v) is 8.51. The van der Waals surface area contributed by atoms with Gasteiger partial charge in [0.1, 0.15) is 13.2 Å². The largest absolute Gasteiger partial charge is 0.462 e. The number of allylic oxidation sites excluding steroid dienone is 6. The maximum Gasteiger partial charge on any atom is 0.306 e. The first-order valence-electron chi connectivity index (χ1n) is 29.0. The van der Waals surface area contributed by atoms with Crippen molar-refractivity contribution in [3.63, 3.8) is 0 Å². The Balaban J connectivity index is 4.32. The van der Waals surface area contributed by atoms with Gasteiger partial charge in [-0.1, -0.05) is 269 Å². The van der Waals surface area contributed by atoms with Gasteiger partial charge in [0.15, 0.2) is 6.10 Å². The molecule has 0 fully saturated rings. The van der Waals surface area contributed by atoms with E-state index in [9.17, 15) is 14.4 Å². The number of hydrogen-bond donors (Lipinski definition) is 0. The van der Waals surface area contributed by atoms with Crippen molar-refractivity contribution in [2.75, 3.05) is 13.2 Å². The molecule has 1 atom stereocenters. The second-order valence-electron chi connectivity index (χ2n) is 19.6. The van der Waals surface area contributed by atoms with Crippen LogP contribution in [0.5, 0.6) is 0 Å². The van der Waals surface area contributed by atoms with Crippen molar-refractivity contribution >= 4 is 17.9 Å². The van der Waals surface area contributed by atoms with Gasteiger partial charge >= 0.3 is 17.9 Å². The molecule has 0 aromatic carbocycles. The zero-order valence-electron chi connectivity index (χ0n) is 44.2. The minimum atomic E-state index is -0.776. The highest BCUT2D eigenvalue weighted by molar-refractivity contribution is 5.71. The number of carbonyl (C=O) groups excluding carboxylic acids is 3. The van der Waals surface area contributed by atoms with Crippen LogP contribution < -0.4 is 0 Å². The molecule has 0 aromatic heterocycles. The third-order valence-electron chi connectivity index (χ3n) is 12.9. The van der Waals surface area contributed by atoms with Crippen molar-refractivity contribution in [3.05, 3.63) is 36.5 Å². The minimum Gasteiger partial charge on any atom is -0.462 e. The Hall–Kier alpha value is -2.37. The van der Waals surface area contributed by atoms with Gasteiger partial charge in [-0.25, -0.2) is 0 Å². The van der Waals surface area contributed by atoms with Crippen LogP contribution in [0.2, 0.25) is 0 Å². The van der Waals surface area contributed by atoms with Crippen molar-refractivity contribution in [2.24, 2.45) is 0 Å². The Labute approximate surface area is 410 Å². The maximum atomic E-state index is 12.8. The van der Waals surface area contributed by atoms with Crippen LogP contribution in [0, 0.1) is 0 Å². The summed E-state index contributed by atoms with van der Waals surface area (Å²) in [6.07, 6.45) is 65.6. The smallest absolute Gasteiger partial charge is 0.306 e. The van der Waals surface area contributed by atoms with Crippen LogP contribution in [0.4, 0.5) is 0 Å². The van der Waals surface area contributed by atoms with E-state index in [1.807, 2.05) is 0 Å². The summed E-state index contributed by atoms with van der Waals surface area (Å²) in [5.74, 6) is -0.879. The Kier molecular flexibility index (Phi) is 53.2. The molecule has 6 heteroatoms. The van der Waals surface area contributed by atoms with Gasteiger partial charge in [0, 0.05) is 19.3 Å². The van der Waals surface area contributed by atoms with Gasteiger partial charge in [0.2, 0.25) is 0 Å². The average molecular weight is 928 g/mol. The zero-order valence-corrected chi connectivity index (χ0v) is 44.2. The Morgan fingerprint density at radius 3 is 0.879 bits per heavy atom. The van der Waals surface area contributed by atoms with E-state index in [2.05, 4.69) is 57.2 Å². The first kappa shape index (κ1) is 63.6. The van der Waals surface area contributed by atoms with E-state index in [-0.39, 0.29) is 31.1 Å². The molecule has 0 saturated heterocycles. The lowest BCUT2D eigenvalue weighted by atomic mass is 10.0. The number of unbranched alkanes of at least 4 members (excludes halogenated alkanes) is 36. The summed E-state index contributed by atoms with van der Waals surface area (Å²) in [5, 5.41) is 0. The van der Waals surface area contributed by atoms with E-state index in [0.717, 1.165) is 83.5 Å². The van der Waals surface area contributed by atoms with Crippen molar-refractivity contribution < 1.29 is 28.6 Å². The van der Waals surface area contributed by atoms with E-state index in [1.54, 1.807) is 0 Å². The van der Waals surface area contributed by atoms with Gasteiger partial charge < -0.3 is 14.2 Å². The van der Waals surface area contributed by atoms with Crippen molar-refractivity contribution in [1.29, 1.82) is 0 Å². The molecule has 0 bridgehead atoms. The van der Waals surface area contributed by atoms with E-state index >= 15 is 0 Å². The van der Waals surface area contributed by atoms with Crippen LogP contribution >= 0.6 is 0 Å². The molecule has 6 nitrogen and oxygen atoms in total. The number of esters is 3. The summed E-state index contributed by atoms with van der Waals surface area (Å²) >= 11 is 0. The topological polar surface area (TPSA) is 78.9 Å². The molecule has 0 amide bonds. The molecule has 0 rings (SSSR count). The lowest BCUT2D eigenvalue weighted by molar-refractivity contribution is -0.167. The van der Waals surface area contributed by atoms with Gasteiger partial charge in [0.25, 0.3) is 0 Å². The minimum absolute atomic E-state index is 0.0745. The van der Waals surface area contributed by atoms with Gasteiger partial charge in [-0.15, -0.1) is 0 Å². The fraction of sp³-hybridized carbons (Fsp3) is 0.850. The molecule has 0 radical (unpaired) electrons. The van der Waals surface area contributed by atoms with Crippen LogP contribution in [0.15, 0.2) is 36.5 Å². The highest BCUT2D eigenvalue weighted by Crippen LogP contribution is 2.17. The predicted molar refractivity (Wildman–Crippen MR) is 284 cm³/mol. The van der Waals surface area contributed by atoms with Crippen LogP contribution in [0.3, 0.4) is 0 Å². The van der Waals surface area contributed by atoms with E-state index in [0.29, 0.717) is 19.3 Å². The van der Waals surface area contributed by atoms with Crippen molar-refractivity contribution in [3.8, 4) is 0 Å². The second-order valence-corrected chi connectivity index (χ2v) is 19.6. The Morgan fingerprint density at radius 2 is 0.545 bits per heavy atom. The first-order chi connectivity index (χ1) is 32.5. The molecule has 0 saturated carbocycles. The molecule has 0 aliphatic carbocycles. The normalized spacial score (nSPS) is 12.2. The quantitative estimate of drug-likeness (QED) is 0.0262. The Bertz CT molecular complexity index is 1110. The SMILES string of the molecule is CCCCC/C=C\C/C=C\C/C=C\CCCCCCC(=O)OC[C@H](COC(=O)CCCCCCCCCCCCCCCCCCCCC)OC(=O)CCCCCCCCCCCCCC. The molecule has 0 aromatic rings. The van der Waals surface area contributed by atoms with Gasteiger partial charge in [0.05, 0.1) is 0 Å². The molecule has 66 heavy (non-hydrogen) atoms. The average Bonchev–Trinajstić information content (AvgIpc) is 3.31. The third kappa shape index (κ3) is 52.6. The van der Waals surface area contributed by atoms with Crippen LogP contribution in [0.25, 0.3) is 0 Å². The number of rotatable bonds is 53. The van der Waals surface area contributed by atoms with E-state index < -0.39 is 6.10 Å². The highest BCUT2D eigenvalue weighted by Gasteiger charge is 2.19. The van der Waals surface area contributed by atoms with Crippen LogP contribution in [-0.4, -0.2) is 37.2 Å². The molecule has 0 N–H and O–H groups in total. The molecule has 0 aliphatic heterocycles. The number of ether oxygens (including phenoxy) is 3. The molecule has 386 valence electrons.